The first kappa shape index (κ1) is 16.6. The molecule has 1 aromatic rings. The van der Waals surface area contributed by atoms with Gasteiger partial charge >= 0.3 is 0 Å². The van der Waals surface area contributed by atoms with Gasteiger partial charge in [-0.2, -0.15) is 0 Å². The molecule has 3 heteroatoms. The van der Waals surface area contributed by atoms with Gasteiger partial charge in [0.2, 0.25) is 0 Å². The lowest BCUT2D eigenvalue weighted by Gasteiger charge is -2.18. The quantitative estimate of drug-likeness (QED) is 0.524. The van der Waals surface area contributed by atoms with Gasteiger partial charge in [-0.1, -0.05) is 19.1 Å². The Hall–Kier alpha value is -1.48. The van der Waals surface area contributed by atoms with Crippen molar-refractivity contribution >= 4 is 0 Å². The number of hydrogen-bond donors (Lipinski definition) is 1. The highest BCUT2D eigenvalue weighted by atomic mass is 16.5. The van der Waals surface area contributed by atoms with Crippen LogP contribution in [0.1, 0.15) is 31.7 Å². The topological polar surface area (TPSA) is 30.5 Å². The first-order valence-electron chi connectivity index (χ1n) is 7.30. The molecule has 0 radical (unpaired) electrons. The maximum absolute atomic E-state index is 5.36. The number of benzene rings is 1. The average molecular weight is 277 g/mol. The Morgan fingerprint density at radius 1 is 1.25 bits per heavy atom. The summed E-state index contributed by atoms with van der Waals surface area (Å²) in [6, 6.07) is 6.65. The van der Waals surface area contributed by atoms with Crippen LogP contribution >= 0.6 is 0 Å². The van der Waals surface area contributed by atoms with Crippen LogP contribution in [0.25, 0.3) is 0 Å². The fourth-order valence-electron chi connectivity index (χ4n) is 2.37. The van der Waals surface area contributed by atoms with E-state index in [9.17, 15) is 0 Å². The third-order valence-electron chi connectivity index (χ3n) is 3.38. The van der Waals surface area contributed by atoms with E-state index in [-0.39, 0.29) is 0 Å². The van der Waals surface area contributed by atoms with Crippen LogP contribution in [0, 0.1) is 0 Å². The van der Waals surface area contributed by atoms with Crippen molar-refractivity contribution in [1.82, 2.24) is 5.32 Å². The van der Waals surface area contributed by atoms with Crippen molar-refractivity contribution in [3.05, 3.63) is 36.4 Å². The standard InChI is InChI=1S/C17H27NO2/c1-5-7-8-9-15(18-6-2)12-14-10-11-16(19-3)17(13-14)20-4/h5,10-11,13,15,18H,1,6-9,12H2,2-4H3. The zero-order valence-corrected chi connectivity index (χ0v) is 12.9. The zero-order valence-electron chi connectivity index (χ0n) is 12.9. The Morgan fingerprint density at radius 3 is 2.60 bits per heavy atom. The van der Waals surface area contributed by atoms with E-state index >= 15 is 0 Å². The van der Waals surface area contributed by atoms with Gasteiger partial charge in [-0.05, 0) is 49.9 Å². The smallest absolute Gasteiger partial charge is 0.160 e. The molecule has 0 aliphatic rings. The number of rotatable bonds is 10. The molecule has 0 amide bonds. The maximum Gasteiger partial charge on any atom is 0.160 e. The molecule has 20 heavy (non-hydrogen) atoms. The van der Waals surface area contributed by atoms with Crippen LogP contribution in [-0.2, 0) is 6.42 Å². The minimum atomic E-state index is 0.498. The van der Waals surface area contributed by atoms with Crippen LogP contribution < -0.4 is 14.8 Å². The van der Waals surface area contributed by atoms with Crippen molar-refractivity contribution in [2.75, 3.05) is 20.8 Å². The second kappa shape index (κ2) is 9.43. The molecule has 0 aliphatic heterocycles. The molecular formula is C17H27NO2. The second-order valence-electron chi connectivity index (χ2n) is 4.87. The van der Waals surface area contributed by atoms with Gasteiger partial charge in [0.05, 0.1) is 14.2 Å². The lowest BCUT2D eigenvalue weighted by atomic mass is 10.0. The fraction of sp³-hybridized carbons (Fsp3) is 0.529. The average Bonchev–Trinajstić information content (AvgIpc) is 2.47. The summed E-state index contributed by atoms with van der Waals surface area (Å²) in [5.74, 6) is 1.58. The number of nitrogens with one attached hydrogen (secondary N) is 1. The van der Waals surface area contributed by atoms with E-state index < -0.39 is 0 Å². The molecule has 0 saturated heterocycles. The van der Waals surface area contributed by atoms with E-state index in [1.54, 1.807) is 14.2 Å². The van der Waals surface area contributed by atoms with Crippen molar-refractivity contribution < 1.29 is 9.47 Å². The highest BCUT2D eigenvalue weighted by molar-refractivity contribution is 5.43. The Morgan fingerprint density at radius 2 is 2.00 bits per heavy atom. The monoisotopic (exact) mass is 277 g/mol. The summed E-state index contributed by atoms with van der Waals surface area (Å²) in [5, 5.41) is 3.55. The molecule has 112 valence electrons. The van der Waals surface area contributed by atoms with E-state index in [2.05, 4.69) is 31.0 Å². The predicted octanol–water partition coefficient (Wildman–Crippen LogP) is 3.58. The molecular weight excluding hydrogens is 250 g/mol. The van der Waals surface area contributed by atoms with Gasteiger partial charge in [0, 0.05) is 6.04 Å². The van der Waals surface area contributed by atoms with E-state index in [1.807, 2.05) is 12.1 Å². The Balaban J connectivity index is 2.69. The number of unbranched alkanes of at least 4 members (excludes halogenated alkanes) is 1. The van der Waals surface area contributed by atoms with Crippen LogP contribution in [0.2, 0.25) is 0 Å². The minimum absolute atomic E-state index is 0.498. The minimum Gasteiger partial charge on any atom is -0.493 e. The SMILES string of the molecule is C=CCCCC(Cc1ccc(OC)c(OC)c1)NCC. The zero-order chi connectivity index (χ0) is 14.8. The summed E-state index contributed by atoms with van der Waals surface area (Å²) in [7, 11) is 3.34. The number of hydrogen-bond acceptors (Lipinski definition) is 3. The first-order chi connectivity index (χ1) is 9.74. The third-order valence-corrected chi connectivity index (χ3v) is 3.38. The van der Waals surface area contributed by atoms with Crippen molar-refractivity contribution in [2.24, 2.45) is 0 Å². The molecule has 0 spiro atoms. The number of allylic oxidation sites excluding steroid dienone is 1. The number of likely N-dealkylation sites (N-methyl/N-ethyl adjacent to an activating group) is 1. The maximum atomic E-state index is 5.36. The summed E-state index contributed by atoms with van der Waals surface area (Å²) in [6.45, 7) is 6.92. The van der Waals surface area contributed by atoms with E-state index in [1.165, 1.54) is 12.0 Å². The predicted molar refractivity (Wildman–Crippen MR) is 84.8 cm³/mol. The summed E-state index contributed by atoms with van der Waals surface area (Å²) in [4.78, 5) is 0. The largest absolute Gasteiger partial charge is 0.493 e. The highest BCUT2D eigenvalue weighted by Gasteiger charge is 2.10. The lowest BCUT2D eigenvalue weighted by molar-refractivity contribution is 0.354. The molecule has 1 aromatic carbocycles. The Labute approximate surface area is 123 Å². The van der Waals surface area contributed by atoms with Gasteiger partial charge in [0.1, 0.15) is 0 Å². The molecule has 0 fully saturated rings. The molecule has 3 nitrogen and oxygen atoms in total. The lowest BCUT2D eigenvalue weighted by Crippen LogP contribution is -2.30. The molecule has 1 unspecified atom stereocenters. The molecule has 1 N–H and O–H groups in total. The van der Waals surface area contributed by atoms with Crippen molar-refractivity contribution in [1.29, 1.82) is 0 Å². The van der Waals surface area contributed by atoms with Crippen LogP contribution in [-0.4, -0.2) is 26.8 Å². The normalized spacial score (nSPS) is 11.9. The van der Waals surface area contributed by atoms with E-state index in [0.717, 1.165) is 37.3 Å². The third kappa shape index (κ3) is 5.25. The Bertz CT molecular complexity index is 404. The van der Waals surface area contributed by atoms with Gasteiger partial charge in [0.25, 0.3) is 0 Å². The molecule has 1 rings (SSSR count). The molecule has 1 atom stereocenters. The van der Waals surface area contributed by atoms with Gasteiger partial charge in [0.15, 0.2) is 11.5 Å². The molecule has 0 aliphatic carbocycles. The van der Waals surface area contributed by atoms with Crippen molar-refractivity contribution in [3.63, 3.8) is 0 Å². The van der Waals surface area contributed by atoms with Crippen molar-refractivity contribution in [2.45, 2.75) is 38.6 Å². The van der Waals surface area contributed by atoms with Crippen molar-refractivity contribution in [3.8, 4) is 11.5 Å². The summed E-state index contributed by atoms with van der Waals surface area (Å²) >= 11 is 0. The number of ether oxygens (including phenoxy) is 2. The van der Waals surface area contributed by atoms with Crippen LogP contribution in [0.3, 0.4) is 0 Å². The van der Waals surface area contributed by atoms with E-state index in [4.69, 9.17) is 9.47 Å². The van der Waals surface area contributed by atoms with Gasteiger partial charge < -0.3 is 14.8 Å². The summed E-state index contributed by atoms with van der Waals surface area (Å²) in [6.07, 6.45) is 6.40. The first-order valence-corrected chi connectivity index (χ1v) is 7.30. The molecule has 0 saturated carbocycles. The molecule has 0 aromatic heterocycles. The second-order valence-corrected chi connectivity index (χ2v) is 4.87. The van der Waals surface area contributed by atoms with Crippen LogP contribution in [0.4, 0.5) is 0 Å². The van der Waals surface area contributed by atoms with Gasteiger partial charge in [-0.3, -0.25) is 0 Å². The van der Waals surface area contributed by atoms with Crippen LogP contribution in [0.5, 0.6) is 11.5 Å². The Kier molecular flexibility index (Phi) is 7.81. The van der Waals surface area contributed by atoms with Crippen LogP contribution in [0.15, 0.2) is 30.9 Å². The molecule has 0 heterocycles. The highest BCUT2D eigenvalue weighted by Crippen LogP contribution is 2.28. The number of methoxy groups -OCH3 is 2. The molecule has 0 bridgehead atoms. The fourth-order valence-corrected chi connectivity index (χ4v) is 2.37. The van der Waals surface area contributed by atoms with Gasteiger partial charge in [-0.15, -0.1) is 6.58 Å². The van der Waals surface area contributed by atoms with Gasteiger partial charge in [-0.25, -0.2) is 0 Å². The summed E-state index contributed by atoms with van der Waals surface area (Å²) in [5.41, 5.74) is 1.27. The summed E-state index contributed by atoms with van der Waals surface area (Å²) < 4.78 is 10.6. The van der Waals surface area contributed by atoms with E-state index in [0.29, 0.717) is 6.04 Å².